The predicted molar refractivity (Wildman–Crippen MR) is 76.9 cm³/mol. The van der Waals surface area contributed by atoms with Crippen molar-refractivity contribution in [2.45, 2.75) is 6.54 Å². The molecule has 0 saturated heterocycles. The van der Waals surface area contributed by atoms with Crippen LogP contribution >= 0.6 is 23.2 Å². The van der Waals surface area contributed by atoms with Crippen molar-refractivity contribution in [3.63, 3.8) is 0 Å². The second kappa shape index (κ2) is 5.91. The molecular weight excluding hydrogens is 287 g/mol. The molecule has 19 heavy (non-hydrogen) atoms. The summed E-state index contributed by atoms with van der Waals surface area (Å²) in [7, 11) is 0. The van der Waals surface area contributed by atoms with E-state index < -0.39 is 4.92 Å². The van der Waals surface area contributed by atoms with E-state index in [1.54, 1.807) is 18.2 Å². The van der Waals surface area contributed by atoms with E-state index >= 15 is 0 Å². The number of nitro benzene ring substituents is 1. The molecule has 0 saturated carbocycles. The Balaban J connectivity index is 2.09. The zero-order valence-corrected chi connectivity index (χ0v) is 11.3. The fraction of sp³-hybridized carbons (Fsp3) is 0.0769. The molecule has 0 aliphatic carbocycles. The zero-order valence-electron chi connectivity index (χ0n) is 9.77. The highest BCUT2D eigenvalue weighted by Crippen LogP contribution is 2.25. The smallest absolute Gasteiger partial charge is 0.288 e. The Kier molecular flexibility index (Phi) is 4.24. The van der Waals surface area contributed by atoms with Gasteiger partial charge < -0.3 is 5.32 Å². The molecule has 0 fully saturated rings. The normalized spacial score (nSPS) is 10.2. The minimum Gasteiger partial charge on any atom is -0.381 e. The molecule has 98 valence electrons. The molecule has 0 heterocycles. The first kappa shape index (κ1) is 13.6. The second-order valence-electron chi connectivity index (χ2n) is 3.90. The number of nitrogens with zero attached hydrogens (tertiary/aromatic N) is 1. The second-order valence-corrected chi connectivity index (χ2v) is 4.75. The quantitative estimate of drug-likeness (QED) is 0.667. The maximum absolute atomic E-state index is 10.8. The van der Waals surface area contributed by atoms with Crippen molar-refractivity contribution in [2.75, 3.05) is 5.32 Å². The van der Waals surface area contributed by atoms with Gasteiger partial charge in [0.1, 0.15) is 5.02 Å². The molecule has 0 aliphatic rings. The predicted octanol–water partition coefficient (Wildman–Crippen LogP) is 4.51. The Hall–Kier alpha value is -1.78. The van der Waals surface area contributed by atoms with Crippen LogP contribution in [0.2, 0.25) is 10.0 Å². The van der Waals surface area contributed by atoms with Crippen LogP contribution in [0.25, 0.3) is 0 Å². The van der Waals surface area contributed by atoms with Crippen molar-refractivity contribution in [3.8, 4) is 0 Å². The van der Waals surface area contributed by atoms with Gasteiger partial charge in [0.15, 0.2) is 0 Å². The SMILES string of the molecule is O=[N+]([O-])c1cc(CNc2ccc(Cl)cc2)ccc1Cl. The van der Waals surface area contributed by atoms with Gasteiger partial charge in [-0.15, -0.1) is 0 Å². The summed E-state index contributed by atoms with van der Waals surface area (Å²) in [5.74, 6) is 0. The Morgan fingerprint density at radius 2 is 1.79 bits per heavy atom. The highest BCUT2D eigenvalue weighted by Gasteiger charge is 2.12. The third kappa shape index (κ3) is 3.59. The van der Waals surface area contributed by atoms with E-state index in [9.17, 15) is 10.1 Å². The minimum absolute atomic E-state index is 0.0860. The highest BCUT2D eigenvalue weighted by atomic mass is 35.5. The number of anilines is 1. The Bertz CT molecular complexity index is 600. The minimum atomic E-state index is -0.492. The Morgan fingerprint density at radius 1 is 1.11 bits per heavy atom. The molecule has 1 N–H and O–H groups in total. The fourth-order valence-corrected chi connectivity index (χ4v) is 1.89. The molecule has 0 aromatic heterocycles. The summed E-state index contributed by atoms with van der Waals surface area (Å²) in [6.45, 7) is 0.472. The van der Waals surface area contributed by atoms with Crippen LogP contribution in [0.4, 0.5) is 11.4 Å². The Morgan fingerprint density at radius 3 is 2.42 bits per heavy atom. The lowest BCUT2D eigenvalue weighted by Crippen LogP contribution is -2.00. The van der Waals surface area contributed by atoms with E-state index in [1.807, 2.05) is 12.1 Å². The van der Waals surface area contributed by atoms with Crippen LogP contribution in [0.3, 0.4) is 0 Å². The summed E-state index contributed by atoms with van der Waals surface area (Å²) in [5.41, 5.74) is 1.59. The molecule has 6 heteroatoms. The highest BCUT2D eigenvalue weighted by molar-refractivity contribution is 6.32. The number of rotatable bonds is 4. The number of halogens is 2. The van der Waals surface area contributed by atoms with Gasteiger partial charge in [0, 0.05) is 23.3 Å². The molecule has 0 spiro atoms. The van der Waals surface area contributed by atoms with Gasteiger partial charge in [-0.1, -0.05) is 29.3 Å². The van der Waals surface area contributed by atoms with Crippen molar-refractivity contribution in [3.05, 3.63) is 68.2 Å². The summed E-state index contributed by atoms with van der Waals surface area (Å²) >= 11 is 11.5. The van der Waals surface area contributed by atoms with Crippen LogP contribution in [-0.2, 0) is 6.54 Å². The van der Waals surface area contributed by atoms with Gasteiger partial charge >= 0.3 is 0 Å². The first-order valence-corrected chi connectivity index (χ1v) is 6.24. The summed E-state index contributed by atoms with van der Waals surface area (Å²) in [4.78, 5) is 10.3. The van der Waals surface area contributed by atoms with E-state index in [-0.39, 0.29) is 10.7 Å². The molecular formula is C13H10Cl2N2O2. The number of nitro groups is 1. The van der Waals surface area contributed by atoms with E-state index in [0.717, 1.165) is 11.3 Å². The van der Waals surface area contributed by atoms with E-state index in [1.165, 1.54) is 12.1 Å². The average Bonchev–Trinajstić information content (AvgIpc) is 2.39. The first-order chi connectivity index (χ1) is 9.06. The third-order valence-corrected chi connectivity index (χ3v) is 3.12. The van der Waals surface area contributed by atoms with Crippen molar-refractivity contribution < 1.29 is 4.92 Å². The zero-order chi connectivity index (χ0) is 13.8. The molecule has 0 aliphatic heterocycles. The van der Waals surface area contributed by atoms with Crippen LogP contribution < -0.4 is 5.32 Å². The van der Waals surface area contributed by atoms with Gasteiger partial charge in [-0.3, -0.25) is 10.1 Å². The van der Waals surface area contributed by atoms with Gasteiger partial charge in [-0.2, -0.15) is 0 Å². The lowest BCUT2D eigenvalue weighted by atomic mass is 10.2. The van der Waals surface area contributed by atoms with Crippen LogP contribution in [0, 0.1) is 10.1 Å². The van der Waals surface area contributed by atoms with Gasteiger partial charge in [-0.25, -0.2) is 0 Å². The van der Waals surface area contributed by atoms with Gasteiger partial charge in [0.2, 0.25) is 0 Å². The van der Waals surface area contributed by atoms with Gasteiger partial charge in [-0.05, 0) is 35.9 Å². The summed E-state index contributed by atoms with van der Waals surface area (Å²) < 4.78 is 0. The topological polar surface area (TPSA) is 55.2 Å². The Labute approximate surface area is 120 Å². The molecule has 2 aromatic carbocycles. The van der Waals surface area contributed by atoms with E-state index in [4.69, 9.17) is 23.2 Å². The maximum atomic E-state index is 10.8. The molecule has 2 rings (SSSR count). The number of nitrogens with one attached hydrogen (secondary N) is 1. The van der Waals surface area contributed by atoms with Crippen LogP contribution in [0.5, 0.6) is 0 Å². The largest absolute Gasteiger partial charge is 0.381 e. The van der Waals surface area contributed by atoms with Crippen LogP contribution in [0.1, 0.15) is 5.56 Å². The van der Waals surface area contributed by atoms with Gasteiger partial charge in [0.05, 0.1) is 4.92 Å². The fourth-order valence-electron chi connectivity index (χ4n) is 1.58. The molecule has 0 unspecified atom stereocenters. The number of benzene rings is 2. The first-order valence-electron chi connectivity index (χ1n) is 5.48. The summed E-state index contributed by atoms with van der Waals surface area (Å²) in [6, 6.07) is 12.0. The van der Waals surface area contributed by atoms with Gasteiger partial charge in [0.25, 0.3) is 5.69 Å². The molecule has 0 atom stereocenters. The molecule has 0 bridgehead atoms. The molecule has 0 radical (unpaired) electrons. The van der Waals surface area contributed by atoms with Crippen molar-refractivity contribution in [1.82, 2.24) is 0 Å². The van der Waals surface area contributed by atoms with Crippen molar-refractivity contribution in [2.24, 2.45) is 0 Å². The maximum Gasteiger partial charge on any atom is 0.288 e. The number of hydrogen-bond acceptors (Lipinski definition) is 3. The van der Waals surface area contributed by atoms with E-state index in [0.29, 0.717) is 11.6 Å². The van der Waals surface area contributed by atoms with Crippen LogP contribution in [-0.4, -0.2) is 4.92 Å². The standard InChI is InChI=1S/C13H10Cl2N2O2/c14-10-2-4-11(5-3-10)16-8-9-1-6-12(15)13(7-9)17(18)19/h1-7,16H,8H2. The molecule has 0 amide bonds. The summed E-state index contributed by atoms with van der Waals surface area (Å²) in [6.07, 6.45) is 0. The lowest BCUT2D eigenvalue weighted by molar-refractivity contribution is -0.384. The number of hydrogen-bond donors (Lipinski definition) is 1. The molecule has 4 nitrogen and oxygen atoms in total. The lowest BCUT2D eigenvalue weighted by Gasteiger charge is -2.07. The van der Waals surface area contributed by atoms with Crippen molar-refractivity contribution in [1.29, 1.82) is 0 Å². The average molecular weight is 297 g/mol. The van der Waals surface area contributed by atoms with E-state index in [2.05, 4.69) is 5.32 Å². The summed E-state index contributed by atoms with van der Waals surface area (Å²) in [5, 5.41) is 14.7. The van der Waals surface area contributed by atoms with Crippen molar-refractivity contribution >= 4 is 34.6 Å². The third-order valence-electron chi connectivity index (χ3n) is 2.55. The molecule has 2 aromatic rings. The monoisotopic (exact) mass is 296 g/mol. The van der Waals surface area contributed by atoms with Crippen LogP contribution in [0.15, 0.2) is 42.5 Å².